The molecule has 0 aliphatic rings. The predicted octanol–water partition coefficient (Wildman–Crippen LogP) is 8.39. The Kier molecular flexibility index (Phi) is 35.6. The molecule has 0 saturated carbocycles. The summed E-state index contributed by atoms with van der Waals surface area (Å²) >= 11 is 9.80. The Morgan fingerprint density at radius 2 is 1.02 bits per heavy atom. The van der Waals surface area contributed by atoms with E-state index in [4.69, 9.17) is 37.3 Å². The monoisotopic (exact) mass is 992 g/mol. The normalized spacial score (nSPS) is 9.30. The highest BCUT2D eigenvalue weighted by Gasteiger charge is 1.96. The van der Waals surface area contributed by atoms with Crippen LogP contribution in [-0.2, 0) is 6.54 Å². The maximum absolute atomic E-state index is 8.58. The van der Waals surface area contributed by atoms with Gasteiger partial charge < -0.3 is 29.9 Å². The molecule has 258 valence electrons. The van der Waals surface area contributed by atoms with Crippen molar-refractivity contribution in [3.8, 4) is 23.6 Å². The van der Waals surface area contributed by atoms with Crippen LogP contribution in [0.1, 0.15) is 31.5 Å². The van der Waals surface area contributed by atoms with Gasteiger partial charge in [0.05, 0.1) is 23.3 Å². The molecule has 0 aromatic heterocycles. The molecule has 0 fully saturated rings. The van der Waals surface area contributed by atoms with Gasteiger partial charge in [-0.15, -0.1) is 24.0 Å². The summed E-state index contributed by atoms with van der Waals surface area (Å²) < 4.78 is 11.0. The van der Waals surface area contributed by atoms with Gasteiger partial charge >= 0.3 is 0 Å². The number of halogens is 4. The quantitative estimate of drug-likeness (QED) is 0.192. The molecule has 0 atom stereocenters. The van der Waals surface area contributed by atoms with Gasteiger partial charge in [-0.3, -0.25) is 0 Å². The molecule has 46 heavy (non-hydrogen) atoms. The number of nitrogens with two attached hydrogens (primary N) is 1. The standard InChI is InChI=1S/C11H18N2O.C11H14N2O.C7H4ClN.C5H13N.I2.HI.H2/c2*1-13(2)7-8-14-11-5-3-10(9-12)4-6-11;8-7-3-1-6(5-9)2-4-7;1-4-5-6(2)3;1-2;;/h3-6H,7-9,12H2,1-2H3;3-6H,7-8H2,1-2H3;1-4H;4-5H2,1-3H3;;2*1H. The highest BCUT2D eigenvalue weighted by molar-refractivity contribution is 15.0. The molecule has 0 saturated heterocycles. The van der Waals surface area contributed by atoms with Crippen molar-refractivity contribution in [2.24, 2.45) is 5.73 Å². The smallest absolute Gasteiger partial charge is 0.119 e. The fraction of sp³-hybridized carbons (Fsp3) is 0.412. The zero-order valence-corrected chi connectivity index (χ0v) is 35.5. The lowest BCUT2D eigenvalue weighted by Crippen LogP contribution is -2.19. The third kappa shape index (κ3) is 29.9. The third-order valence-corrected chi connectivity index (χ3v) is 5.65. The van der Waals surface area contributed by atoms with Gasteiger partial charge in [0, 0.05) is 63.3 Å². The second kappa shape index (κ2) is 33.5. The van der Waals surface area contributed by atoms with Gasteiger partial charge in [0.15, 0.2) is 0 Å². The summed E-state index contributed by atoms with van der Waals surface area (Å²) in [6, 6.07) is 25.8. The number of benzene rings is 3. The first-order chi connectivity index (χ1) is 21.5. The van der Waals surface area contributed by atoms with E-state index in [0.717, 1.165) is 36.8 Å². The molecule has 0 bridgehead atoms. The van der Waals surface area contributed by atoms with E-state index < -0.39 is 0 Å². The van der Waals surface area contributed by atoms with Gasteiger partial charge in [-0.1, -0.05) is 30.7 Å². The lowest BCUT2D eigenvalue weighted by atomic mass is 10.2. The van der Waals surface area contributed by atoms with Crippen molar-refractivity contribution in [3.63, 3.8) is 0 Å². The van der Waals surface area contributed by atoms with E-state index in [-0.39, 0.29) is 25.4 Å². The number of nitriles is 2. The molecule has 12 heteroatoms. The zero-order chi connectivity index (χ0) is 34.5. The first-order valence-electron chi connectivity index (χ1n) is 14.3. The van der Waals surface area contributed by atoms with Crippen molar-refractivity contribution in [2.75, 3.05) is 75.1 Å². The van der Waals surface area contributed by atoms with Crippen LogP contribution in [-0.4, -0.2) is 89.8 Å². The minimum atomic E-state index is 0. The van der Waals surface area contributed by atoms with Crippen molar-refractivity contribution in [1.29, 1.82) is 10.5 Å². The summed E-state index contributed by atoms with van der Waals surface area (Å²) in [5.74, 6) is 1.72. The Morgan fingerprint density at radius 1 is 0.674 bits per heavy atom. The second-order valence-corrected chi connectivity index (χ2v) is 10.6. The van der Waals surface area contributed by atoms with Crippen LogP contribution in [0.5, 0.6) is 11.5 Å². The predicted molar refractivity (Wildman–Crippen MR) is 224 cm³/mol. The van der Waals surface area contributed by atoms with Crippen molar-refractivity contribution in [2.45, 2.75) is 19.9 Å². The first-order valence-corrected chi connectivity index (χ1v) is 21.0. The topological polar surface area (TPSA) is 102 Å². The van der Waals surface area contributed by atoms with E-state index in [9.17, 15) is 0 Å². The Hall–Kier alpha value is -1.44. The minimum Gasteiger partial charge on any atom is -0.492 e. The van der Waals surface area contributed by atoms with Crippen LogP contribution in [0.25, 0.3) is 0 Å². The fourth-order valence-corrected chi connectivity index (χ4v) is 3.14. The maximum atomic E-state index is 8.58. The molecule has 3 rings (SSSR count). The van der Waals surface area contributed by atoms with E-state index in [2.05, 4.69) is 79.0 Å². The van der Waals surface area contributed by atoms with Gasteiger partial charge in [0.2, 0.25) is 0 Å². The summed E-state index contributed by atoms with van der Waals surface area (Å²) in [7, 11) is 12.2. The molecular formula is C34H52ClI3N6O2. The van der Waals surface area contributed by atoms with E-state index in [1.165, 1.54) is 13.0 Å². The SMILES string of the molecule is CCCN(C)C.CN(C)CCOc1ccc(C#N)cc1.CN(C)CCOc1ccc(CN)cc1.I.II.N#Cc1ccc(Cl)cc1.[HH]. The molecule has 0 heterocycles. The molecule has 2 N–H and O–H groups in total. The van der Waals surface area contributed by atoms with Crippen LogP contribution in [0.15, 0.2) is 72.8 Å². The average molecular weight is 993 g/mol. The number of likely N-dealkylation sites (N-methyl/N-ethyl adjacent to an activating group) is 2. The summed E-state index contributed by atoms with van der Waals surface area (Å²) in [6.07, 6.45) is 1.26. The molecule has 3 aromatic rings. The summed E-state index contributed by atoms with van der Waals surface area (Å²) in [5.41, 5.74) is 7.92. The number of ether oxygens (including phenoxy) is 2. The van der Waals surface area contributed by atoms with E-state index >= 15 is 0 Å². The van der Waals surface area contributed by atoms with E-state index in [1.807, 2.05) is 70.7 Å². The minimum absolute atomic E-state index is 0. The highest BCUT2D eigenvalue weighted by atomic mass is 128. The van der Waals surface area contributed by atoms with Crippen LogP contribution < -0.4 is 15.2 Å². The summed E-state index contributed by atoms with van der Waals surface area (Å²) in [4.78, 5) is 6.33. The van der Waals surface area contributed by atoms with Gasteiger partial charge in [0.25, 0.3) is 0 Å². The Bertz CT molecular complexity index is 1190. The molecular weight excluding hydrogens is 941 g/mol. The second-order valence-electron chi connectivity index (χ2n) is 10.2. The van der Waals surface area contributed by atoms with Crippen LogP contribution in [0.3, 0.4) is 0 Å². The number of rotatable bonds is 11. The summed E-state index contributed by atoms with van der Waals surface area (Å²) in [5, 5.41) is 17.6. The molecule has 0 aliphatic heterocycles. The largest absolute Gasteiger partial charge is 0.492 e. The highest BCUT2D eigenvalue weighted by Crippen LogP contribution is 2.12. The van der Waals surface area contributed by atoms with Gasteiger partial charge in [-0.25, -0.2) is 0 Å². The number of nitrogens with zero attached hydrogens (tertiary/aromatic N) is 5. The van der Waals surface area contributed by atoms with Crippen molar-refractivity contribution in [1.82, 2.24) is 14.7 Å². The van der Waals surface area contributed by atoms with Gasteiger partial charge in [-0.05, 0) is 121 Å². The van der Waals surface area contributed by atoms with Crippen LogP contribution >= 0.6 is 72.8 Å². The zero-order valence-electron chi connectivity index (χ0n) is 28.1. The lowest BCUT2D eigenvalue weighted by molar-refractivity contribution is 0.261. The van der Waals surface area contributed by atoms with Gasteiger partial charge in [-0.2, -0.15) is 10.5 Å². The van der Waals surface area contributed by atoms with Crippen molar-refractivity contribution < 1.29 is 10.9 Å². The molecule has 0 aliphatic carbocycles. The first kappa shape index (κ1) is 49.0. The number of hydrogen-bond donors (Lipinski definition) is 1. The van der Waals surface area contributed by atoms with Crippen molar-refractivity contribution >= 4 is 72.8 Å². The Balaban J connectivity index is -0.000000264. The Labute approximate surface area is 325 Å². The molecule has 3 aromatic carbocycles. The molecule has 0 radical (unpaired) electrons. The fourth-order valence-electron chi connectivity index (χ4n) is 3.01. The van der Waals surface area contributed by atoms with Crippen LogP contribution in [0, 0.1) is 22.7 Å². The van der Waals surface area contributed by atoms with E-state index in [0.29, 0.717) is 29.3 Å². The molecule has 0 amide bonds. The van der Waals surface area contributed by atoms with Gasteiger partial charge in [0.1, 0.15) is 24.7 Å². The maximum Gasteiger partial charge on any atom is 0.119 e. The lowest BCUT2D eigenvalue weighted by Gasteiger charge is -2.11. The molecule has 0 spiro atoms. The molecule has 0 unspecified atom stereocenters. The van der Waals surface area contributed by atoms with Crippen LogP contribution in [0.4, 0.5) is 0 Å². The average Bonchev–Trinajstić information content (AvgIpc) is 3.04. The van der Waals surface area contributed by atoms with Crippen molar-refractivity contribution in [3.05, 3.63) is 94.5 Å². The van der Waals surface area contributed by atoms with Crippen LogP contribution in [0.2, 0.25) is 5.02 Å². The Morgan fingerprint density at radius 3 is 1.30 bits per heavy atom. The molecule has 8 nitrogen and oxygen atoms in total. The van der Waals surface area contributed by atoms with E-state index in [1.54, 1.807) is 36.4 Å². The third-order valence-electron chi connectivity index (χ3n) is 5.40. The number of hydrogen-bond acceptors (Lipinski definition) is 8. The summed E-state index contributed by atoms with van der Waals surface area (Å²) in [6.45, 7) is 7.17.